The molecule has 0 saturated heterocycles. The zero-order valence-electron chi connectivity index (χ0n) is 8.92. The highest BCUT2D eigenvalue weighted by Gasteiger charge is 2.17. The zero-order chi connectivity index (χ0) is 10.8. The van der Waals surface area contributed by atoms with E-state index in [9.17, 15) is 4.79 Å². The Balaban J connectivity index is 2.39. The number of Topliss-reactive ketones (excluding diaryl/α,β-unsaturated/α-hetero) is 1. The van der Waals surface area contributed by atoms with Gasteiger partial charge in [0, 0.05) is 5.56 Å². The molecule has 0 spiro atoms. The van der Waals surface area contributed by atoms with E-state index in [1.54, 1.807) is 0 Å². The van der Waals surface area contributed by atoms with Crippen LogP contribution in [0.5, 0.6) is 0 Å². The molecule has 1 atom stereocenters. The SMILES string of the molecule is C[C@@H]1CCCc2ccc(C(=O)CBr)cc21. The summed E-state index contributed by atoms with van der Waals surface area (Å²) < 4.78 is 0. The van der Waals surface area contributed by atoms with Crippen molar-refractivity contribution >= 4 is 21.7 Å². The number of rotatable bonds is 2. The van der Waals surface area contributed by atoms with Crippen LogP contribution < -0.4 is 0 Å². The number of hydrogen-bond donors (Lipinski definition) is 0. The van der Waals surface area contributed by atoms with Gasteiger partial charge in [-0.05, 0) is 42.4 Å². The molecule has 0 aliphatic heterocycles. The summed E-state index contributed by atoms with van der Waals surface area (Å²) in [5.74, 6) is 0.785. The van der Waals surface area contributed by atoms with Gasteiger partial charge in [-0.2, -0.15) is 0 Å². The molecule has 80 valence electrons. The second-order valence-electron chi connectivity index (χ2n) is 4.26. The smallest absolute Gasteiger partial charge is 0.173 e. The topological polar surface area (TPSA) is 17.1 Å². The van der Waals surface area contributed by atoms with Crippen molar-refractivity contribution in [2.24, 2.45) is 0 Å². The molecule has 0 aromatic heterocycles. The first-order chi connectivity index (χ1) is 7.22. The number of alkyl halides is 1. The predicted octanol–water partition coefficient (Wildman–Crippen LogP) is 3.70. The quantitative estimate of drug-likeness (QED) is 0.589. The van der Waals surface area contributed by atoms with Crippen molar-refractivity contribution < 1.29 is 4.79 Å². The summed E-state index contributed by atoms with van der Waals surface area (Å²) in [4.78, 5) is 11.6. The molecule has 0 bridgehead atoms. The number of hydrogen-bond acceptors (Lipinski definition) is 1. The Morgan fingerprint density at radius 2 is 2.33 bits per heavy atom. The van der Waals surface area contributed by atoms with Crippen LogP contribution in [0.2, 0.25) is 0 Å². The average Bonchev–Trinajstić information content (AvgIpc) is 2.28. The van der Waals surface area contributed by atoms with Crippen molar-refractivity contribution in [1.82, 2.24) is 0 Å². The third kappa shape index (κ3) is 2.15. The van der Waals surface area contributed by atoms with Gasteiger partial charge in [0.05, 0.1) is 5.33 Å². The molecule has 15 heavy (non-hydrogen) atoms. The van der Waals surface area contributed by atoms with E-state index in [0.29, 0.717) is 11.2 Å². The normalized spacial score (nSPS) is 19.7. The van der Waals surface area contributed by atoms with E-state index in [4.69, 9.17) is 0 Å². The van der Waals surface area contributed by atoms with Crippen LogP contribution in [-0.2, 0) is 6.42 Å². The van der Waals surface area contributed by atoms with Crippen LogP contribution in [-0.4, -0.2) is 11.1 Å². The number of aryl methyl sites for hydroxylation is 1. The zero-order valence-corrected chi connectivity index (χ0v) is 10.5. The van der Waals surface area contributed by atoms with E-state index in [-0.39, 0.29) is 5.78 Å². The van der Waals surface area contributed by atoms with E-state index in [1.165, 1.54) is 30.4 Å². The minimum atomic E-state index is 0.176. The molecule has 1 aromatic rings. The number of carbonyl (C=O) groups excluding carboxylic acids is 1. The van der Waals surface area contributed by atoms with Gasteiger partial charge in [0.15, 0.2) is 5.78 Å². The lowest BCUT2D eigenvalue weighted by atomic mass is 9.83. The Labute approximate surface area is 99.0 Å². The molecule has 0 amide bonds. The Kier molecular flexibility index (Phi) is 3.25. The van der Waals surface area contributed by atoms with Gasteiger partial charge in [0.2, 0.25) is 0 Å². The largest absolute Gasteiger partial charge is 0.293 e. The number of carbonyl (C=O) groups is 1. The number of halogens is 1. The van der Waals surface area contributed by atoms with Crippen molar-refractivity contribution in [2.45, 2.75) is 32.1 Å². The molecule has 0 heterocycles. The summed E-state index contributed by atoms with van der Waals surface area (Å²) in [6.07, 6.45) is 3.70. The van der Waals surface area contributed by atoms with Crippen LogP contribution in [0, 0.1) is 0 Å². The molecule has 0 fully saturated rings. The Morgan fingerprint density at radius 1 is 1.53 bits per heavy atom. The van der Waals surface area contributed by atoms with E-state index in [2.05, 4.69) is 35.0 Å². The molecular weight excluding hydrogens is 252 g/mol. The van der Waals surface area contributed by atoms with Crippen molar-refractivity contribution in [3.05, 3.63) is 34.9 Å². The van der Waals surface area contributed by atoms with E-state index in [0.717, 1.165) is 5.56 Å². The van der Waals surface area contributed by atoms with Gasteiger partial charge in [-0.3, -0.25) is 4.79 Å². The number of benzene rings is 1. The molecule has 2 heteroatoms. The Bertz CT molecular complexity index is 384. The number of ketones is 1. The van der Waals surface area contributed by atoms with Gasteiger partial charge in [-0.1, -0.05) is 35.0 Å². The van der Waals surface area contributed by atoms with Gasteiger partial charge >= 0.3 is 0 Å². The first-order valence-corrected chi connectivity index (χ1v) is 6.56. The van der Waals surface area contributed by atoms with E-state index in [1.807, 2.05) is 6.07 Å². The molecule has 0 radical (unpaired) electrons. The molecule has 0 saturated carbocycles. The molecule has 1 nitrogen and oxygen atoms in total. The summed E-state index contributed by atoms with van der Waals surface area (Å²) in [5, 5.41) is 0.417. The maximum atomic E-state index is 11.6. The highest BCUT2D eigenvalue weighted by molar-refractivity contribution is 9.09. The average molecular weight is 267 g/mol. The summed E-state index contributed by atoms with van der Waals surface area (Å²) in [6.45, 7) is 2.25. The maximum absolute atomic E-state index is 11.6. The fourth-order valence-corrected chi connectivity index (χ4v) is 2.61. The fraction of sp³-hybridized carbons (Fsp3) is 0.462. The van der Waals surface area contributed by atoms with Crippen LogP contribution >= 0.6 is 15.9 Å². The highest BCUT2D eigenvalue weighted by Crippen LogP contribution is 2.31. The van der Waals surface area contributed by atoms with E-state index < -0.39 is 0 Å². The van der Waals surface area contributed by atoms with Crippen molar-refractivity contribution in [2.75, 3.05) is 5.33 Å². The van der Waals surface area contributed by atoms with Crippen molar-refractivity contribution in [3.8, 4) is 0 Å². The molecule has 1 aliphatic rings. The van der Waals surface area contributed by atoms with Gasteiger partial charge in [0.25, 0.3) is 0 Å². The summed E-state index contributed by atoms with van der Waals surface area (Å²) in [7, 11) is 0. The van der Waals surface area contributed by atoms with Gasteiger partial charge in [-0.15, -0.1) is 0 Å². The lowest BCUT2D eigenvalue weighted by Gasteiger charge is -2.22. The number of fused-ring (bicyclic) bond motifs is 1. The lowest BCUT2D eigenvalue weighted by molar-refractivity contribution is 0.102. The standard InChI is InChI=1S/C13H15BrO/c1-9-3-2-4-10-5-6-11(7-12(9)10)13(15)8-14/h5-7,9H,2-4,8H2,1H3/t9-/m1/s1. The van der Waals surface area contributed by atoms with Crippen LogP contribution in [0.3, 0.4) is 0 Å². The third-order valence-corrected chi connectivity index (χ3v) is 3.71. The summed E-state index contributed by atoms with van der Waals surface area (Å²) >= 11 is 3.21. The van der Waals surface area contributed by atoms with Crippen LogP contribution in [0.15, 0.2) is 18.2 Å². The van der Waals surface area contributed by atoms with Crippen molar-refractivity contribution in [3.63, 3.8) is 0 Å². The lowest BCUT2D eigenvalue weighted by Crippen LogP contribution is -2.09. The molecule has 0 N–H and O–H groups in total. The van der Waals surface area contributed by atoms with E-state index >= 15 is 0 Å². The first kappa shape index (κ1) is 10.9. The fourth-order valence-electron chi connectivity index (χ4n) is 2.29. The molecular formula is C13H15BrO. The van der Waals surface area contributed by atoms with Gasteiger partial charge in [-0.25, -0.2) is 0 Å². The van der Waals surface area contributed by atoms with Crippen LogP contribution in [0.1, 0.15) is 47.2 Å². The Morgan fingerprint density at radius 3 is 3.07 bits per heavy atom. The van der Waals surface area contributed by atoms with Gasteiger partial charge < -0.3 is 0 Å². The highest BCUT2D eigenvalue weighted by atomic mass is 79.9. The molecule has 1 aromatic carbocycles. The first-order valence-electron chi connectivity index (χ1n) is 5.44. The van der Waals surface area contributed by atoms with Crippen molar-refractivity contribution in [1.29, 1.82) is 0 Å². The molecule has 1 aliphatic carbocycles. The Hall–Kier alpha value is -0.630. The van der Waals surface area contributed by atoms with Gasteiger partial charge in [0.1, 0.15) is 0 Å². The monoisotopic (exact) mass is 266 g/mol. The van der Waals surface area contributed by atoms with Crippen LogP contribution in [0.4, 0.5) is 0 Å². The minimum absolute atomic E-state index is 0.176. The predicted molar refractivity (Wildman–Crippen MR) is 65.9 cm³/mol. The second-order valence-corrected chi connectivity index (χ2v) is 4.82. The second kappa shape index (κ2) is 4.48. The maximum Gasteiger partial charge on any atom is 0.173 e. The summed E-state index contributed by atoms with van der Waals surface area (Å²) in [5.41, 5.74) is 3.66. The third-order valence-electron chi connectivity index (χ3n) is 3.20. The molecule has 0 unspecified atom stereocenters. The minimum Gasteiger partial charge on any atom is -0.293 e. The van der Waals surface area contributed by atoms with Crippen LogP contribution in [0.25, 0.3) is 0 Å². The molecule has 2 rings (SSSR count). The summed E-state index contributed by atoms with van der Waals surface area (Å²) in [6, 6.07) is 6.17.